The summed E-state index contributed by atoms with van der Waals surface area (Å²) in [7, 11) is 0. The molecule has 0 aliphatic heterocycles. The first kappa shape index (κ1) is 14.9. The number of fused-ring (bicyclic) bond motifs is 1. The van der Waals surface area contributed by atoms with Gasteiger partial charge in [0.1, 0.15) is 11.6 Å². The quantitative estimate of drug-likeness (QED) is 0.486. The lowest BCUT2D eigenvalue weighted by Crippen LogP contribution is -2.01. The highest BCUT2D eigenvalue weighted by atomic mass is 19.1. The Morgan fingerprint density at radius 3 is 2.92 bits per heavy atom. The lowest BCUT2D eigenvalue weighted by atomic mass is 10.2. The Hall–Kier alpha value is -3.61. The van der Waals surface area contributed by atoms with Crippen LogP contribution in [0.2, 0.25) is 0 Å². The van der Waals surface area contributed by atoms with E-state index in [0.29, 0.717) is 17.3 Å². The minimum atomic E-state index is -0.443. The Morgan fingerprint density at radius 2 is 2.00 bits per heavy atom. The van der Waals surface area contributed by atoms with Crippen LogP contribution >= 0.6 is 0 Å². The van der Waals surface area contributed by atoms with Crippen molar-refractivity contribution in [1.82, 2.24) is 15.0 Å². The normalized spacial score (nSPS) is 10.8. The number of rotatable bonds is 4. The minimum Gasteiger partial charge on any atom is -0.439 e. The first-order valence-electron chi connectivity index (χ1n) is 7.57. The zero-order valence-corrected chi connectivity index (χ0v) is 13.0. The second-order valence-electron chi connectivity index (χ2n) is 5.41. The zero-order chi connectivity index (χ0) is 17.2. The second kappa shape index (κ2) is 6.12. The topological polar surface area (TPSA) is 88.9 Å². The fourth-order valence-electron chi connectivity index (χ4n) is 2.43. The molecular formula is C18H14FN5O. The van der Waals surface area contributed by atoms with Gasteiger partial charge in [-0.25, -0.2) is 9.37 Å². The summed E-state index contributed by atoms with van der Waals surface area (Å²) in [4.78, 5) is 11.4. The predicted molar refractivity (Wildman–Crippen MR) is 94.5 cm³/mol. The first-order chi connectivity index (χ1) is 12.2. The molecule has 4 N–H and O–H groups in total. The molecule has 6 nitrogen and oxygen atoms in total. The maximum atomic E-state index is 13.8. The van der Waals surface area contributed by atoms with Crippen molar-refractivity contribution >= 4 is 28.2 Å². The maximum absolute atomic E-state index is 13.8. The van der Waals surface area contributed by atoms with Crippen LogP contribution in [-0.2, 0) is 0 Å². The molecular weight excluding hydrogens is 321 g/mol. The van der Waals surface area contributed by atoms with Crippen LogP contribution in [0.5, 0.6) is 11.6 Å². The summed E-state index contributed by atoms with van der Waals surface area (Å²) in [5.74, 6) is 0.760. The van der Waals surface area contributed by atoms with Gasteiger partial charge in [-0.2, -0.15) is 4.98 Å². The number of ether oxygens (including phenoxy) is 1. The Bertz CT molecular complexity index is 1050. The number of nitrogens with one attached hydrogen (secondary N) is 2. The van der Waals surface area contributed by atoms with E-state index in [4.69, 9.17) is 10.5 Å². The number of hydrogen-bond donors (Lipinski definition) is 3. The van der Waals surface area contributed by atoms with E-state index < -0.39 is 5.82 Å². The van der Waals surface area contributed by atoms with Crippen LogP contribution in [0.4, 0.5) is 21.7 Å². The molecule has 0 unspecified atom stereocenters. The monoisotopic (exact) mass is 335 g/mol. The number of nitrogens with zero attached hydrogens (tertiary/aromatic N) is 2. The third-order valence-corrected chi connectivity index (χ3v) is 3.61. The maximum Gasteiger partial charge on any atom is 0.230 e. The molecule has 0 aliphatic rings. The van der Waals surface area contributed by atoms with Gasteiger partial charge >= 0.3 is 0 Å². The summed E-state index contributed by atoms with van der Waals surface area (Å²) in [5, 5.41) is 3.84. The highest BCUT2D eigenvalue weighted by Gasteiger charge is 2.07. The molecule has 0 saturated heterocycles. The molecule has 0 atom stereocenters. The van der Waals surface area contributed by atoms with Crippen LogP contribution in [-0.4, -0.2) is 15.0 Å². The van der Waals surface area contributed by atoms with Crippen molar-refractivity contribution in [2.24, 2.45) is 0 Å². The number of nitrogen functional groups attached to an aromatic ring is 1. The van der Waals surface area contributed by atoms with Crippen molar-refractivity contribution in [3.05, 3.63) is 66.7 Å². The Labute approximate surface area is 142 Å². The fourth-order valence-corrected chi connectivity index (χ4v) is 2.43. The van der Waals surface area contributed by atoms with Gasteiger partial charge in [-0.1, -0.05) is 0 Å². The SMILES string of the molecule is Nc1ccc(F)c(Nc2nccc(Oc3ccc4[nH]ccc4c3)n2)c1. The molecule has 4 rings (SSSR count). The third-order valence-electron chi connectivity index (χ3n) is 3.61. The van der Waals surface area contributed by atoms with Gasteiger partial charge in [0.25, 0.3) is 0 Å². The van der Waals surface area contributed by atoms with Gasteiger partial charge in [-0.15, -0.1) is 0 Å². The number of halogens is 1. The molecule has 0 amide bonds. The molecule has 7 heteroatoms. The number of aromatic nitrogens is 3. The highest BCUT2D eigenvalue weighted by Crippen LogP contribution is 2.25. The van der Waals surface area contributed by atoms with Crippen LogP contribution in [0.25, 0.3) is 10.9 Å². The predicted octanol–water partition coefficient (Wildman–Crippen LogP) is 4.22. The lowest BCUT2D eigenvalue weighted by molar-refractivity contribution is 0.463. The minimum absolute atomic E-state index is 0.200. The van der Waals surface area contributed by atoms with Crippen LogP contribution in [0.15, 0.2) is 60.9 Å². The van der Waals surface area contributed by atoms with E-state index in [1.165, 1.54) is 24.4 Å². The second-order valence-corrected chi connectivity index (χ2v) is 5.41. The molecule has 2 aromatic carbocycles. The molecule has 2 heterocycles. The highest BCUT2D eigenvalue weighted by molar-refractivity contribution is 5.80. The van der Waals surface area contributed by atoms with Crippen molar-refractivity contribution in [3.63, 3.8) is 0 Å². The largest absolute Gasteiger partial charge is 0.439 e. The van der Waals surface area contributed by atoms with E-state index in [1.807, 2.05) is 30.5 Å². The Morgan fingerprint density at radius 1 is 1.08 bits per heavy atom. The van der Waals surface area contributed by atoms with E-state index in [0.717, 1.165) is 10.9 Å². The van der Waals surface area contributed by atoms with E-state index in [9.17, 15) is 4.39 Å². The summed E-state index contributed by atoms with van der Waals surface area (Å²) in [5.41, 5.74) is 7.34. The van der Waals surface area contributed by atoms with Gasteiger partial charge in [0.15, 0.2) is 0 Å². The van der Waals surface area contributed by atoms with Crippen molar-refractivity contribution < 1.29 is 9.13 Å². The molecule has 4 aromatic rings. The molecule has 0 fully saturated rings. The van der Waals surface area contributed by atoms with Crippen LogP contribution in [0.3, 0.4) is 0 Å². The van der Waals surface area contributed by atoms with Gasteiger partial charge in [-0.05, 0) is 42.5 Å². The lowest BCUT2D eigenvalue weighted by Gasteiger charge is -2.09. The molecule has 0 radical (unpaired) electrons. The first-order valence-corrected chi connectivity index (χ1v) is 7.57. The van der Waals surface area contributed by atoms with E-state index >= 15 is 0 Å². The standard InChI is InChI=1S/C18H14FN5O/c19-14-3-1-12(20)10-16(14)23-18-22-8-6-17(24-18)25-13-2-4-15-11(9-13)5-7-21-15/h1-10,21H,20H2,(H,22,23,24). The molecule has 0 saturated carbocycles. The van der Waals surface area contributed by atoms with Crippen LogP contribution in [0, 0.1) is 5.82 Å². The number of nitrogens with two attached hydrogens (primary N) is 1. The van der Waals surface area contributed by atoms with Gasteiger partial charge in [0.2, 0.25) is 11.8 Å². The van der Waals surface area contributed by atoms with E-state index in [1.54, 1.807) is 6.07 Å². The average Bonchev–Trinajstić information content (AvgIpc) is 3.06. The number of hydrogen-bond acceptors (Lipinski definition) is 5. The average molecular weight is 335 g/mol. The Balaban J connectivity index is 1.57. The summed E-state index contributed by atoms with van der Waals surface area (Å²) in [6.45, 7) is 0. The van der Waals surface area contributed by atoms with Crippen LogP contribution < -0.4 is 15.8 Å². The Kier molecular flexibility index (Phi) is 3.66. The van der Waals surface area contributed by atoms with Gasteiger partial charge in [0.05, 0.1) is 5.69 Å². The number of anilines is 3. The van der Waals surface area contributed by atoms with Crippen LogP contribution in [0.1, 0.15) is 0 Å². The smallest absolute Gasteiger partial charge is 0.230 e. The summed E-state index contributed by atoms with van der Waals surface area (Å²) in [6, 6.07) is 13.5. The summed E-state index contributed by atoms with van der Waals surface area (Å²) in [6.07, 6.45) is 3.39. The zero-order valence-electron chi connectivity index (χ0n) is 13.0. The summed E-state index contributed by atoms with van der Waals surface area (Å²) < 4.78 is 19.6. The third kappa shape index (κ3) is 3.20. The number of H-pyrrole nitrogens is 1. The molecule has 25 heavy (non-hydrogen) atoms. The molecule has 0 spiro atoms. The van der Waals surface area contributed by atoms with Gasteiger partial charge < -0.3 is 20.8 Å². The van der Waals surface area contributed by atoms with Crippen molar-refractivity contribution in [2.75, 3.05) is 11.1 Å². The molecule has 0 aliphatic carbocycles. The molecule has 2 aromatic heterocycles. The number of benzene rings is 2. The molecule has 0 bridgehead atoms. The summed E-state index contributed by atoms with van der Waals surface area (Å²) >= 11 is 0. The van der Waals surface area contributed by atoms with E-state index in [-0.39, 0.29) is 11.6 Å². The van der Waals surface area contributed by atoms with Crippen molar-refractivity contribution in [2.45, 2.75) is 0 Å². The van der Waals surface area contributed by atoms with E-state index in [2.05, 4.69) is 20.3 Å². The fraction of sp³-hybridized carbons (Fsp3) is 0. The molecule has 124 valence electrons. The van der Waals surface area contributed by atoms with Gasteiger partial charge in [-0.3, -0.25) is 0 Å². The van der Waals surface area contributed by atoms with Crippen molar-refractivity contribution in [3.8, 4) is 11.6 Å². The van der Waals surface area contributed by atoms with Gasteiger partial charge in [0, 0.05) is 35.1 Å². The number of aromatic amines is 1. The van der Waals surface area contributed by atoms with Crippen molar-refractivity contribution in [1.29, 1.82) is 0 Å².